The van der Waals surface area contributed by atoms with Crippen molar-refractivity contribution < 1.29 is 9.53 Å². The minimum absolute atomic E-state index is 0.0906. The van der Waals surface area contributed by atoms with Crippen molar-refractivity contribution in [2.45, 2.75) is 11.3 Å². The zero-order valence-corrected chi connectivity index (χ0v) is 11.9. The Labute approximate surface area is 114 Å². The molecule has 0 radical (unpaired) electrons. The molecule has 0 unspecified atom stereocenters. The molecule has 1 aromatic heterocycles. The van der Waals surface area contributed by atoms with E-state index in [-0.39, 0.29) is 12.5 Å². The molecule has 6 heteroatoms. The predicted molar refractivity (Wildman–Crippen MR) is 76.5 cm³/mol. The van der Waals surface area contributed by atoms with E-state index in [9.17, 15) is 4.79 Å². The van der Waals surface area contributed by atoms with Crippen molar-refractivity contribution in [2.75, 3.05) is 24.8 Å². The SMILES string of the molecule is CCOCC(=O)Nc1ccc2nc(SC)sc2c1. The van der Waals surface area contributed by atoms with Gasteiger partial charge in [-0.1, -0.05) is 11.8 Å². The van der Waals surface area contributed by atoms with E-state index in [2.05, 4.69) is 10.3 Å². The Kier molecular flexibility index (Phi) is 4.57. The van der Waals surface area contributed by atoms with E-state index in [0.29, 0.717) is 6.61 Å². The number of amides is 1. The van der Waals surface area contributed by atoms with E-state index < -0.39 is 0 Å². The fourth-order valence-electron chi connectivity index (χ4n) is 1.46. The Balaban J connectivity index is 2.11. The van der Waals surface area contributed by atoms with Crippen molar-refractivity contribution in [3.63, 3.8) is 0 Å². The van der Waals surface area contributed by atoms with Crippen LogP contribution in [-0.4, -0.2) is 30.4 Å². The van der Waals surface area contributed by atoms with Crippen LogP contribution in [0.25, 0.3) is 10.2 Å². The van der Waals surface area contributed by atoms with Gasteiger partial charge in [0, 0.05) is 12.3 Å². The maximum Gasteiger partial charge on any atom is 0.250 e. The van der Waals surface area contributed by atoms with E-state index in [4.69, 9.17) is 4.74 Å². The van der Waals surface area contributed by atoms with Crippen LogP contribution in [0.1, 0.15) is 6.92 Å². The molecular weight excluding hydrogens is 268 g/mol. The average Bonchev–Trinajstić information content (AvgIpc) is 2.78. The highest BCUT2D eigenvalue weighted by molar-refractivity contribution is 8.00. The maximum absolute atomic E-state index is 11.5. The molecule has 0 saturated heterocycles. The molecule has 96 valence electrons. The van der Waals surface area contributed by atoms with E-state index >= 15 is 0 Å². The summed E-state index contributed by atoms with van der Waals surface area (Å²) in [4.78, 5) is 16.0. The van der Waals surface area contributed by atoms with Crippen LogP contribution in [-0.2, 0) is 9.53 Å². The largest absolute Gasteiger partial charge is 0.372 e. The summed E-state index contributed by atoms with van der Waals surface area (Å²) in [6.07, 6.45) is 2.00. The van der Waals surface area contributed by atoms with Crippen LogP contribution < -0.4 is 5.32 Å². The van der Waals surface area contributed by atoms with Crippen molar-refractivity contribution in [3.8, 4) is 0 Å². The lowest BCUT2D eigenvalue weighted by atomic mass is 10.3. The van der Waals surface area contributed by atoms with Gasteiger partial charge in [0.25, 0.3) is 0 Å². The Morgan fingerprint density at radius 1 is 1.56 bits per heavy atom. The summed E-state index contributed by atoms with van der Waals surface area (Å²) in [5, 5.41) is 2.80. The number of aromatic nitrogens is 1. The lowest BCUT2D eigenvalue weighted by Crippen LogP contribution is -2.18. The third kappa shape index (κ3) is 3.22. The van der Waals surface area contributed by atoms with Crippen molar-refractivity contribution in [1.82, 2.24) is 4.98 Å². The van der Waals surface area contributed by atoms with Gasteiger partial charge >= 0.3 is 0 Å². The van der Waals surface area contributed by atoms with Crippen molar-refractivity contribution >= 4 is 44.9 Å². The smallest absolute Gasteiger partial charge is 0.250 e. The van der Waals surface area contributed by atoms with Gasteiger partial charge in [0.05, 0.1) is 10.2 Å². The Bertz CT molecular complexity index is 554. The minimum Gasteiger partial charge on any atom is -0.372 e. The fourth-order valence-corrected chi connectivity index (χ4v) is 2.99. The van der Waals surface area contributed by atoms with E-state index in [1.54, 1.807) is 23.1 Å². The van der Waals surface area contributed by atoms with Crippen LogP contribution in [0.5, 0.6) is 0 Å². The maximum atomic E-state index is 11.5. The molecular formula is C12H14N2O2S2. The summed E-state index contributed by atoms with van der Waals surface area (Å²) in [6, 6.07) is 5.72. The number of nitrogens with zero attached hydrogens (tertiary/aromatic N) is 1. The van der Waals surface area contributed by atoms with Gasteiger partial charge in [-0.25, -0.2) is 4.98 Å². The minimum atomic E-state index is -0.134. The van der Waals surface area contributed by atoms with Gasteiger partial charge in [0.2, 0.25) is 5.91 Å². The number of hydrogen-bond acceptors (Lipinski definition) is 5. The first-order valence-electron chi connectivity index (χ1n) is 5.55. The van der Waals surface area contributed by atoms with Crippen LogP contribution in [0.2, 0.25) is 0 Å². The highest BCUT2D eigenvalue weighted by Crippen LogP contribution is 2.29. The fraction of sp³-hybridized carbons (Fsp3) is 0.333. The molecule has 1 amide bonds. The van der Waals surface area contributed by atoms with Gasteiger partial charge in [0.15, 0.2) is 4.34 Å². The second-order valence-electron chi connectivity index (χ2n) is 3.55. The summed E-state index contributed by atoms with van der Waals surface area (Å²) >= 11 is 3.25. The molecule has 0 aliphatic heterocycles. The normalized spacial score (nSPS) is 10.8. The number of fused-ring (bicyclic) bond motifs is 1. The monoisotopic (exact) mass is 282 g/mol. The first-order valence-corrected chi connectivity index (χ1v) is 7.59. The molecule has 2 rings (SSSR count). The molecule has 1 aromatic carbocycles. The molecule has 0 bridgehead atoms. The molecule has 0 spiro atoms. The zero-order valence-electron chi connectivity index (χ0n) is 10.2. The van der Waals surface area contributed by atoms with Crippen LogP contribution in [0.15, 0.2) is 22.5 Å². The quantitative estimate of drug-likeness (QED) is 0.857. The number of anilines is 1. The molecule has 0 fully saturated rings. The van der Waals surface area contributed by atoms with Crippen molar-refractivity contribution in [2.24, 2.45) is 0 Å². The number of thiazole rings is 1. The zero-order chi connectivity index (χ0) is 13.0. The topological polar surface area (TPSA) is 51.2 Å². The molecule has 2 aromatic rings. The van der Waals surface area contributed by atoms with Gasteiger partial charge in [-0.2, -0.15) is 0 Å². The molecule has 0 aliphatic carbocycles. The van der Waals surface area contributed by atoms with Crippen LogP contribution in [0.4, 0.5) is 5.69 Å². The molecule has 1 heterocycles. The van der Waals surface area contributed by atoms with Gasteiger partial charge in [0.1, 0.15) is 6.61 Å². The second kappa shape index (κ2) is 6.17. The second-order valence-corrected chi connectivity index (χ2v) is 5.64. The molecule has 18 heavy (non-hydrogen) atoms. The van der Waals surface area contributed by atoms with Gasteiger partial charge < -0.3 is 10.1 Å². The summed E-state index contributed by atoms with van der Waals surface area (Å²) in [5.41, 5.74) is 1.75. The van der Waals surface area contributed by atoms with Crippen LogP contribution in [0, 0.1) is 0 Å². The van der Waals surface area contributed by atoms with Gasteiger partial charge in [-0.15, -0.1) is 11.3 Å². The number of benzene rings is 1. The highest BCUT2D eigenvalue weighted by atomic mass is 32.2. The number of thioether (sulfide) groups is 1. The molecule has 1 N–H and O–H groups in total. The van der Waals surface area contributed by atoms with E-state index in [1.807, 2.05) is 31.4 Å². The first kappa shape index (κ1) is 13.3. The third-order valence-electron chi connectivity index (χ3n) is 2.26. The Morgan fingerprint density at radius 2 is 2.39 bits per heavy atom. The molecule has 0 aliphatic rings. The van der Waals surface area contributed by atoms with Crippen LogP contribution in [0.3, 0.4) is 0 Å². The predicted octanol–water partition coefficient (Wildman–Crippen LogP) is 2.99. The van der Waals surface area contributed by atoms with E-state index in [1.165, 1.54) is 0 Å². The summed E-state index contributed by atoms with van der Waals surface area (Å²) in [5.74, 6) is -0.134. The number of rotatable bonds is 5. The Hall–Kier alpha value is -1.11. The van der Waals surface area contributed by atoms with Crippen molar-refractivity contribution in [3.05, 3.63) is 18.2 Å². The number of carbonyl (C=O) groups excluding carboxylic acids is 1. The van der Waals surface area contributed by atoms with Gasteiger partial charge in [-0.05, 0) is 31.4 Å². The highest BCUT2D eigenvalue weighted by Gasteiger charge is 2.06. The van der Waals surface area contributed by atoms with Crippen molar-refractivity contribution in [1.29, 1.82) is 0 Å². The Morgan fingerprint density at radius 3 is 3.11 bits per heavy atom. The van der Waals surface area contributed by atoms with Gasteiger partial charge in [-0.3, -0.25) is 4.79 Å². The van der Waals surface area contributed by atoms with E-state index in [0.717, 1.165) is 20.2 Å². The summed E-state index contributed by atoms with van der Waals surface area (Å²) in [6.45, 7) is 2.49. The standard InChI is InChI=1S/C12H14N2O2S2/c1-3-16-7-11(15)13-8-4-5-9-10(6-8)18-12(14-9)17-2/h4-6H,3,7H2,1-2H3,(H,13,15). The molecule has 0 atom stereocenters. The third-order valence-corrected chi connectivity index (χ3v) is 4.27. The number of hydrogen-bond donors (Lipinski definition) is 1. The molecule has 4 nitrogen and oxygen atoms in total. The van der Waals surface area contributed by atoms with Crippen LogP contribution >= 0.6 is 23.1 Å². The summed E-state index contributed by atoms with van der Waals surface area (Å²) < 4.78 is 7.16. The average molecular weight is 282 g/mol. The summed E-state index contributed by atoms with van der Waals surface area (Å²) in [7, 11) is 0. The number of nitrogens with one attached hydrogen (secondary N) is 1. The number of ether oxygens (including phenoxy) is 1. The lowest BCUT2D eigenvalue weighted by molar-refractivity contribution is -0.120. The number of carbonyl (C=O) groups is 1. The lowest BCUT2D eigenvalue weighted by Gasteiger charge is -2.04. The molecule has 0 saturated carbocycles. The first-order chi connectivity index (χ1) is 8.72.